The van der Waals surface area contributed by atoms with Crippen LogP contribution in [0.1, 0.15) is 40.0 Å². The number of amides is 1. The van der Waals surface area contributed by atoms with E-state index in [4.69, 9.17) is 4.74 Å². The predicted molar refractivity (Wildman–Crippen MR) is 91.7 cm³/mol. The summed E-state index contributed by atoms with van der Waals surface area (Å²) < 4.78 is 5.61. The molecule has 0 aliphatic carbocycles. The minimum atomic E-state index is -1.10. The molecule has 0 bridgehead atoms. The standard InChI is InChI=1S/C17H25NO5S/c1-17(2,3)14(21)13-11(8-12(19)20)15(22)18(16(13)24-4)9-10-6-5-7-23-10/h10,16H,5-9H2,1-4H3,(H,19,20)/t10-,16-/m1/s1. The van der Waals surface area contributed by atoms with Crippen molar-refractivity contribution >= 4 is 29.4 Å². The third kappa shape index (κ3) is 3.83. The van der Waals surface area contributed by atoms with Crippen molar-refractivity contribution < 1.29 is 24.2 Å². The highest BCUT2D eigenvalue weighted by atomic mass is 32.2. The van der Waals surface area contributed by atoms with Crippen LogP contribution in [0.3, 0.4) is 0 Å². The number of carbonyl (C=O) groups excluding carboxylic acids is 2. The van der Waals surface area contributed by atoms with Crippen molar-refractivity contribution in [2.45, 2.75) is 51.5 Å². The Kier molecular flexibility index (Phi) is 5.75. The summed E-state index contributed by atoms with van der Waals surface area (Å²) in [6.45, 7) is 6.43. The van der Waals surface area contributed by atoms with Crippen LogP contribution in [0.25, 0.3) is 0 Å². The second-order valence-corrected chi connectivity index (χ2v) is 8.14. The van der Waals surface area contributed by atoms with Gasteiger partial charge in [0.05, 0.1) is 12.5 Å². The number of carboxylic acid groups (broad SMARTS) is 1. The van der Waals surface area contributed by atoms with Gasteiger partial charge in [0.15, 0.2) is 5.78 Å². The summed E-state index contributed by atoms with van der Waals surface area (Å²) in [5, 5.41) is 8.73. The Hall–Kier alpha value is -1.34. The van der Waals surface area contributed by atoms with Gasteiger partial charge in [0.25, 0.3) is 5.91 Å². The van der Waals surface area contributed by atoms with Gasteiger partial charge in [-0.3, -0.25) is 14.4 Å². The number of nitrogens with zero attached hydrogens (tertiary/aromatic N) is 1. The average molecular weight is 355 g/mol. The Bertz CT molecular complexity index is 572. The number of hydrogen-bond acceptors (Lipinski definition) is 5. The monoisotopic (exact) mass is 355 g/mol. The van der Waals surface area contributed by atoms with Crippen LogP contribution in [0.4, 0.5) is 0 Å². The number of carbonyl (C=O) groups is 3. The number of thioether (sulfide) groups is 1. The molecule has 0 aromatic heterocycles. The summed E-state index contributed by atoms with van der Waals surface area (Å²) in [6.07, 6.45) is 3.20. The van der Waals surface area contributed by atoms with Gasteiger partial charge in [0.2, 0.25) is 0 Å². The molecule has 1 amide bonds. The average Bonchev–Trinajstić information content (AvgIpc) is 3.07. The van der Waals surface area contributed by atoms with E-state index in [0.29, 0.717) is 18.7 Å². The van der Waals surface area contributed by atoms with Crippen LogP contribution in [0.2, 0.25) is 0 Å². The first-order valence-electron chi connectivity index (χ1n) is 8.11. The zero-order chi connectivity index (χ0) is 18.1. The fraction of sp³-hybridized carbons (Fsp3) is 0.706. The molecule has 0 radical (unpaired) electrons. The second kappa shape index (κ2) is 7.27. The molecule has 0 unspecified atom stereocenters. The quantitative estimate of drug-likeness (QED) is 0.785. The normalized spacial score (nSPS) is 24.8. The van der Waals surface area contributed by atoms with Crippen LogP contribution in [-0.2, 0) is 19.1 Å². The summed E-state index contributed by atoms with van der Waals surface area (Å²) in [5.74, 6) is -1.61. The largest absolute Gasteiger partial charge is 0.481 e. The number of carboxylic acids is 1. The molecule has 7 heteroatoms. The van der Waals surface area contributed by atoms with E-state index in [1.165, 1.54) is 11.8 Å². The predicted octanol–water partition coefficient (Wildman–Crippen LogP) is 2.08. The van der Waals surface area contributed by atoms with E-state index in [9.17, 15) is 19.5 Å². The minimum Gasteiger partial charge on any atom is -0.481 e. The van der Waals surface area contributed by atoms with Gasteiger partial charge in [0.1, 0.15) is 5.37 Å². The first-order valence-corrected chi connectivity index (χ1v) is 9.40. The highest BCUT2D eigenvalue weighted by molar-refractivity contribution is 7.99. The smallest absolute Gasteiger partial charge is 0.308 e. The molecule has 1 fully saturated rings. The third-order valence-corrected chi connectivity index (χ3v) is 5.21. The molecule has 0 saturated carbocycles. The molecular formula is C17H25NO5S. The van der Waals surface area contributed by atoms with Gasteiger partial charge < -0.3 is 14.7 Å². The number of Topliss-reactive ketones (excluding diaryl/α,β-unsaturated/α-hetero) is 1. The summed E-state index contributed by atoms with van der Waals surface area (Å²) in [4.78, 5) is 38.5. The van der Waals surface area contributed by atoms with Crippen LogP contribution < -0.4 is 0 Å². The van der Waals surface area contributed by atoms with Crippen molar-refractivity contribution in [3.8, 4) is 0 Å². The lowest BCUT2D eigenvalue weighted by atomic mass is 9.84. The maximum absolute atomic E-state index is 12.9. The van der Waals surface area contributed by atoms with Crippen LogP contribution in [0, 0.1) is 5.41 Å². The molecule has 2 aliphatic rings. The Balaban J connectivity index is 2.38. The van der Waals surface area contributed by atoms with Crippen LogP contribution in [-0.4, -0.2) is 58.6 Å². The van der Waals surface area contributed by atoms with Crippen molar-refractivity contribution in [2.75, 3.05) is 19.4 Å². The summed E-state index contributed by atoms with van der Waals surface area (Å²) in [5.41, 5.74) is -0.201. The summed E-state index contributed by atoms with van der Waals surface area (Å²) >= 11 is 1.39. The number of ether oxygens (including phenoxy) is 1. The zero-order valence-electron chi connectivity index (χ0n) is 14.6. The lowest BCUT2D eigenvalue weighted by molar-refractivity contribution is -0.137. The van der Waals surface area contributed by atoms with Crippen LogP contribution in [0.5, 0.6) is 0 Å². The number of rotatable bonds is 6. The maximum atomic E-state index is 12.9. The first kappa shape index (κ1) is 19.0. The number of hydrogen-bond donors (Lipinski definition) is 1. The SMILES string of the molecule is CS[C@@H]1C(C(=O)C(C)(C)C)=C(CC(=O)O)C(=O)N1C[C@H]1CCCO1. The van der Waals surface area contributed by atoms with E-state index in [2.05, 4.69) is 0 Å². The molecule has 1 N–H and O–H groups in total. The van der Waals surface area contributed by atoms with E-state index < -0.39 is 23.2 Å². The van der Waals surface area contributed by atoms with Crippen LogP contribution >= 0.6 is 11.8 Å². The van der Waals surface area contributed by atoms with E-state index >= 15 is 0 Å². The molecule has 2 aliphatic heterocycles. The molecule has 0 spiro atoms. The minimum absolute atomic E-state index is 0.0428. The van der Waals surface area contributed by atoms with Crippen LogP contribution in [0.15, 0.2) is 11.1 Å². The number of aliphatic carboxylic acids is 1. The molecule has 6 nitrogen and oxygen atoms in total. The Morgan fingerprint density at radius 1 is 1.38 bits per heavy atom. The van der Waals surface area contributed by atoms with Gasteiger partial charge >= 0.3 is 5.97 Å². The van der Waals surface area contributed by atoms with Crippen molar-refractivity contribution in [3.05, 3.63) is 11.1 Å². The third-order valence-electron chi connectivity index (χ3n) is 4.28. The zero-order valence-corrected chi connectivity index (χ0v) is 15.4. The topological polar surface area (TPSA) is 83.9 Å². The maximum Gasteiger partial charge on any atom is 0.308 e. The van der Waals surface area contributed by atoms with E-state index in [1.807, 2.05) is 6.26 Å². The van der Waals surface area contributed by atoms with E-state index in [1.54, 1.807) is 25.7 Å². The highest BCUT2D eigenvalue weighted by Gasteiger charge is 2.45. The van der Waals surface area contributed by atoms with Crippen molar-refractivity contribution in [2.24, 2.45) is 5.41 Å². The lowest BCUT2D eigenvalue weighted by Crippen LogP contribution is -2.41. The molecule has 134 valence electrons. The number of ketones is 1. The Morgan fingerprint density at radius 3 is 2.50 bits per heavy atom. The van der Waals surface area contributed by atoms with Crippen molar-refractivity contribution in [3.63, 3.8) is 0 Å². The second-order valence-electron chi connectivity index (χ2n) is 7.22. The fourth-order valence-corrected chi connectivity index (χ4v) is 4.03. The Morgan fingerprint density at radius 2 is 2.04 bits per heavy atom. The molecular weight excluding hydrogens is 330 g/mol. The molecule has 24 heavy (non-hydrogen) atoms. The summed E-state index contributed by atoms with van der Waals surface area (Å²) in [7, 11) is 0. The van der Waals surface area contributed by atoms with E-state index in [-0.39, 0.29) is 23.4 Å². The van der Waals surface area contributed by atoms with Gasteiger partial charge in [0, 0.05) is 29.7 Å². The van der Waals surface area contributed by atoms with Gasteiger partial charge in [-0.1, -0.05) is 20.8 Å². The summed E-state index contributed by atoms with van der Waals surface area (Å²) in [6, 6.07) is 0. The highest BCUT2D eigenvalue weighted by Crippen LogP contribution is 2.38. The lowest BCUT2D eigenvalue weighted by Gasteiger charge is -2.29. The van der Waals surface area contributed by atoms with Gasteiger partial charge in [-0.15, -0.1) is 11.8 Å². The molecule has 2 heterocycles. The molecule has 1 saturated heterocycles. The van der Waals surface area contributed by atoms with Crippen molar-refractivity contribution in [1.29, 1.82) is 0 Å². The van der Waals surface area contributed by atoms with Gasteiger partial charge in [-0.05, 0) is 19.1 Å². The molecule has 0 aromatic rings. The van der Waals surface area contributed by atoms with E-state index in [0.717, 1.165) is 12.8 Å². The van der Waals surface area contributed by atoms with Gasteiger partial charge in [-0.2, -0.15) is 0 Å². The molecule has 2 rings (SSSR count). The Labute approximate surface area is 146 Å². The van der Waals surface area contributed by atoms with Crippen molar-refractivity contribution in [1.82, 2.24) is 4.90 Å². The first-order chi connectivity index (χ1) is 11.2. The van der Waals surface area contributed by atoms with Gasteiger partial charge in [-0.25, -0.2) is 0 Å². The molecule has 0 aromatic carbocycles. The fourth-order valence-electron chi connectivity index (χ4n) is 3.11. The molecule has 2 atom stereocenters.